The molecule has 1 aliphatic heterocycles. The Morgan fingerprint density at radius 3 is 2.76 bits per heavy atom. The Balaban J connectivity index is 1.10. The van der Waals surface area contributed by atoms with Crippen molar-refractivity contribution in [3.63, 3.8) is 0 Å². The van der Waals surface area contributed by atoms with Crippen LogP contribution in [0.15, 0.2) is 48.5 Å². The summed E-state index contributed by atoms with van der Waals surface area (Å²) in [5.41, 5.74) is 2.75. The standard InChI is InChI=1S/C26H31FN4O3/c27-20-13-11-19(12-14-20)17-34-18-24(32)28-15-5-1-2-10-25(33)31-16-6-9-23(31)26-29-21-7-3-4-8-22(21)30-26/h3-4,7-8,11-14,23H,1-2,5-6,9-10,15-18H2,(H,28,32)(H,29,30)/t23-/m0/s1. The molecular formula is C26H31FN4O3. The molecule has 0 radical (unpaired) electrons. The number of nitrogens with zero attached hydrogens (tertiary/aromatic N) is 2. The summed E-state index contributed by atoms with van der Waals surface area (Å²) in [6.45, 7) is 1.56. The normalized spacial score (nSPS) is 15.7. The summed E-state index contributed by atoms with van der Waals surface area (Å²) in [5, 5.41) is 2.83. The average Bonchev–Trinajstić information content (AvgIpc) is 3.49. The Morgan fingerprint density at radius 2 is 1.94 bits per heavy atom. The third-order valence-electron chi connectivity index (χ3n) is 6.10. The van der Waals surface area contributed by atoms with E-state index in [1.54, 1.807) is 12.1 Å². The zero-order valence-electron chi connectivity index (χ0n) is 19.3. The van der Waals surface area contributed by atoms with E-state index >= 15 is 0 Å². The number of hydrogen-bond acceptors (Lipinski definition) is 4. The number of aromatic amines is 1. The molecule has 1 atom stereocenters. The van der Waals surface area contributed by atoms with Crippen molar-refractivity contribution in [2.24, 2.45) is 0 Å². The number of imidazole rings is 1. The van der Waals surface area contributed by atoms with E-state index in [2.05, 4.69) is 10.3 Å². The number of H-pyrrole nitrogens is 1. The molecule has 2 amide bonds. The van der Waals surface area contributed by atoms with Gasteiger partial charge in [-0.3, -0.25) is 9.59 Å². The number of carbonyl (C=O) groups is 2. The number of halogens is 1. The van der Waals surface area contributed by atoms with Crippen LogP contribution < -0.4 is 5.32 Å². The van der Waals surface area contributed by atoms with Crippen LogP contribution in [0.2, 0.25) is 0 Å². The third kappa shape index (κ3) is 6.41. The second-order valence-electron chi connectivity index (χ2n) is 8.66. The topological polar surface area (TPSA) is 87.3 Å². The molecule has 0 spiro atoms. The number of amides is 2. The fourth-order valence-electron chi connectivity index (χ4n) is 4.32. The highest BCUT2D eigenvalue weighted by Crippen LogP contribution is 2.32. The van der Waals surface area contributed by atoms with E-state index in [0.717, 1.165) is 61.1 Å². The summed E-state index contributed by atoms with van der Waals surface area (Å²) in [7, 11) is 0. The van der Waals surface area contributed by atoms with Crippen molar-refractivity contribution >= 4 is 22.8 Å². The summed E-state index contributed by atoms with van der Waals surface area (Å²) >= 11 is 0. The van der Waals surface area contributed by atoms with E-state index < -0.39 is 0 Å². The Bertz CT molecular complexity index is 1070. The largest absolute Gasteiger partial charge is 0.367 e. The van der Waals surface area contributed by atoms with Crippen molar-refractivity contribution in [1.29, 1.82) is 0 Å². The van der Waals surface area contributed by atoms with Crippen molar-refractivity contribution in [1.82, 2.24) is 20.2 Å². The summed E-state index contributed by atoms with van der Waals surface area (Å²) < 4.78 is 18.2. The minimum Gasteiger partial charge on any atom is -0.367 e. The Labute approximate surface area is 198 Å². The lowest BCUT2D eigenvalue weighted by Gasteiger charge is -2.23. The summed E-state index contributed by atoms with van der Waals surface area (Å²) in [4.78, 5) is 34.7. The molecule has 3 aromatic rings. The number of carbonyl (C=O) groups excluding carboxylic acids is 2. The second-order valence-corrected chi connectivity index (χ2v) is 8.66. The van der Waals surface area contributed by atoms with Crippen LogP contribution >= 0.6 is 0 Å². The number of likely N-dealkylation sites (tertiary alicyclic amines) is 1. The van der Waals surface area contributed by atoms with Gasteiger partial charge in [0, 0.05) is 19.5 Å². The van der Waals surface area contributed by atoms with E-state index in [1.165, 1.54) is 12.1 Å². The van der Waals surface area contributed by atoms with Gasteiger partial charge >= 0.3 is 0 Å². The monoisotopic (exact) mass is 466 g/mol. The highest BCUT2D eigenvalue weighted by Gasteiger charge is 2.31. The lowest BCUT2D eigenvalue weighted by atomic mass is 10.1. The van der Waals surface area contributed by atoms with Crippen LogP contribution in [0, 0.1) is 5.82 Å². The molecule has 0 bridgehead atoms. The predicted octanol–water partition coefficient (Wildman–Crippen LogP) is 4.26. The number of hydrogen-bond donors (Lipinski definition) is 2. The molecule has 1 fully saturated rings. The maximum absolute atomic E-state index is 12.9. The Morgan fingerprint density at radius 1 is 1.12 bits per heavy atom. The Kier molecular flexibility index (Phi) is 8.25. The molecule has 0 aliphatic carbocycles. The van der Waals surface area contributed by atoms with E-state index in [0.29, 0.717) is 13.0 Å². The number of aromatic nitrogens is 2. The molecule has 2 heterocycles. The van der Waals surface area contributed by atoms with E-state index in [-0.39, 0.29) is 36.9 Å². The van der Waals surface area contributed by atoms with Crippen LogP contribution in [-0.4, -0.2) is 46.4 Å². The molecule has 4 rings (SSSR count). The van der Waals surface area contributed by atoms with Gasteiger partial charge in [0.15, 0.2) is 0 Å². The van der Waals surface area contributed by atoms with Crippen molar-refractivity contribution in [2.45, 2.75) is 51.2 Å². The predicted molar refractivity (Wildman–Crippen MR) is 127 cm³/mol. The van der Waals surface area contributed by atoms with Gasteiger partial charge in [-0.05, 0) is 55.5 Å². The number of fused-ring (bicyclic) bond motifs is 1. The van der Waals surface area contributed by atoms with Gasteiger partial charge < -0.3 is 19.9 Å². The van der Waals surface area contributed by atoms with Gasteiger partial charge in [-0.2, -0.15) is 0 Å². The number of rotatable bonds is 11. The fraction of sp³-hybridized carbons (Fsp3) is 0.423. The van der Waals surface area contributed by atoms with Crippen LogP contribution in [0.1, 0.15) is 56.0 Å². The number of ether oxygens (including phenoxy) is 1. The van der Waals surface area contributed by atoms with Crippen LogP contribution in [-0.2, 0) is 20.9 Å². The van der Waals surface area contributed by atoms with Gasteiger partial charge in [0.2, 0.25) is 11.8 Å². The van der Waals surface area contributed by atoms with Gasteiger partial charge in [-0.15, -0.1) is 0 Å². The second kappa shape index (κ2) is 11.7. The molecule has 1 aliphatic rings. The minimum atomic E-state index is -0.297. The smallest absolute Gasteiger partial charge is 0.246 e. The number of benzene rings is 2. The highest BCUT2D eigenvalue weighted by molar-refractivity contribution is 5.78. The van der Waals surface area contributed by atoms with E-state index in [9.17, 15) is 14.0 Å². The maximum atomic E-state index is 12.9. The molecule has 2 N–H and O–H groups in total. The molecule has 8 heteroatoms. The van der Waals surface area contributed by atoms with Crippen LogP contribution in [0.5, 0.6) is 0 Å². The molecule has 34 heavy (non-hydrogen) atoms. The van der Waals surface area contributed by atoms with Crippen molar-refractivity contribution in [2.75, 3.05) is 19.7 Å². The zero-order chi connectivity index (χ0) is 23.8. The third-order valence-corrected chi connectivity index (χ3v) is 6.10. The maximum Gasteiger partial charge on any atom is 0.246 e. The Hall–Kier alpha value is -3.26. The number of unbranched alkanes of at least 4 members (excludes halogenated alkanes) is 2. The van der Waals surface area contributed by atoms with Crippen molar-refractivity contribution in [3.8, 4) is 0 Å². The first-order chi connectivity index (χ1) is 16.6. The molecule has 1 aromatic heterocycles. The lowest BCUT2D eigenvalue weighted by molar-refractivity contribution is -0.132. The van der Waals surface area contributed by atoms with E-state index in [1.807, 2.05) is 29.2 Å². The molecule has 1 saturated heterocycles. The first kappa shape index (κ1) is 23.9. The van der Waals surface area contributed by atoms with Crippen LogP contribution in [0.3, 0.4) is 0 Å². The molecule has 2 aromatic carbocycles. The first-order valence-corrected chi connectivity index (χ1v) is 11.9. The van der Waals surface area contributed by atoms with Gasteiger partial charge in [-0.25, -0.2) is 9.37 Å². The number of nitrogens with one attached hydrogen (secondary N) is 2. The SMILES string of the molecule is O=C(COCc1ccc(F)cc1)NCCCCCC(=O)N1CCC[C@H]1c1nc2ccccc2[nH]1. The van der Waals surface area contributed by atoms with Gasteiger partial charge in [-0.1, -0.05) is 30.7 Å². The van der Waals surface area contributed by atoms with Crippen molar-refractivity contribution < 1.29 is 18.7 Å². The molecule has 0 saturated carbocycles. The van der Waals surface area contributed by atoms with E-state index in [4.69, 9.17) is 9.72 Å². The molecule has 0 unspecified atom stereocenters. The lowest BCUT2D eigenvalue weighted by Crippen LogP contribution is -2.31. The highest BCUT2D eigenvalue weighted by atomic mass is 19.1. The summed E-state index contributed by atoms with van der Waals surface area (Å²) in [6.07, 6.45) is 4.89. The van der Waals surface area contributed by atoms with Gasteiger partial charge in [0.25, 0.3) is 0 Å². The quantitative estimate of drug-likeness (QED) is 0.414. The fourth-order valence-corrected chi connectivity index (χ4v) is 4.32. The van der Waals surface area contributed by atoms with Crippen LogP contribution in [0.4, 0.5) is 4.39 Å². The molecule has 7 nitrogen and oxygen atoms in total. The molecular weight excluding hydrogens is 435 g/mol. The van der Waals surface area contributed by atoms with Crippen LogP contribution in [0.25, 0.3) is 11.0 Å². The summed E-state index contributed by atoms with van der Waals surface area (Å²) in [5.74, 6) is 0.566. The minimum absolute atomic E-state index is 0.0223. The van der Waals surface area contributed by atoms with Gasteiger partial charge in [0.1, 0.15) is 18.2 Å². The average molecular weight is 467 g/mol. The summed E-state index contributed by atoms with van der Waals surface area (Å²) in [6, 6.07) is 14.0. The van der Waals surface area contributed by atoms with Crippen molar-refractivity contribution in [3.05, 3.63) is 65.7 Å². The first-order valence-electron chi connectivity index (χ1n) is 11.9. The molecule has 180 valence electrons. The number of para-hydroxylation sites is 2. The van der Waals surface area contributed by atoms with Gasteiger partial charge in [0.05, 0.1) is 23.7 Å². The zero-order valence-corrected chi connectivity index (χ0v) is 19.3.